The van der Waals surface area contributed by atoms with Crippen LogP contribution in [0.1, 0.15) is 45.1 Å². The van der Waals surface area contributed by atoms with Gasteiger partial charge in [0.25, 0.3) is 5.91 Å². The van der Waals surface area contributed by atoms with E-state index in [2.05, 4.69) is 24.5 Å². The van der Waals surface area contributed by atoms with Crippen molar-refractivity contribution in [2.24, 2.45) is 5.41 Å². The quantitative estimate of drug-likeness (QED) is 0.655. The van der Waals surface area contributed by atoms with Gasteiger partial charge in [-0.3, -0.25) is 9.59 Å². The molecule has 0 bridgehead atoms. The molecule has 3 N–H and O–H groups in total. The minimum Gasteiger partial charge on any atom is -0.508 e. The predicted octanol–water partition coefficient (Wildman–Crippen LogP) is 4.64. The Morgan fingerprint density at radius 3 is 2.62 bits per heavy atom. The lowest BCUT2D eigenvalue weighted by atomic mass is 9.68. The van der Waals surface area contributed by atoms with Gasteiger partial charge in [0.2, 0.25) is 0 Å². The van der Waals surface area contributed by atoms with Crippen LogP contribution in [0.2, 0.25) is 0 Å². The van der Waals surface area contributed by atoms with Crippen LogP contribution in [0.3, 0.4) is 0 Å². The summed E-state index contributed by atoms with van der Waals surface area (Å²) in [6, 6.07) is 14.0. The van der Waals surface area contributed by atoms with Crippen molar-refractivity contribution in [2.45, 2.75) is 39.5 Å². The lowest BCUT2D eigenvalue weighted by Crippen LogP contribution is -2.39. The smallest absolute Gasteiger partial charge is 0.254 e. The van der Waals surface area contributed by atoms with Gasteiger partial charge in [0.15, 0.2) is 5.78 Å². The summed E-state index contributed by atoms with van der Waals surface area (Å²) in [6.07, 6.45) is 1.12. The SMILES string of the molecule is COc1ccccc1NC(=O)C1=C(C)NC2=C(C(=O)CC(C)(C)C2)[C@@H]1c1cccc(O)c1. The van der Waals surface area contributed by atoms with Gasteiger partial charge in [-0.1, -0.05) is 38.1 Å². The molecule has 0 saturated heterocycles. The number of nitrogens with one attached hydrogen (secondary N) is 2. The maximum atomic E-state index is 13.6. The molecule has 166 valence electrons. The second-order valence-corrected chi connectivity index (χ2v) is 9.18. The number of methoxy groups -OCH3 is 1. The molecule has 2 aromatic rings. The van der Waals surface area contributed by atoms with Gasteiger partial charge in [-0.2, -0.15) is 0 Å². The normalized spacial score (nSPS) is 19.9. The van der Waals surface area contributed by atoms with Gasteiger partial charge in [0.05, 0.1) is 12.8 Å². The Labute approximate surface area is 188 Å². The fourth-order valence-electron chi connectivity index (χ4n) is 4.71. The van der Waals surface area contributed by atoms with Gasteiger partial charge in [0.1, 0.15) is 11.5 Å². The summed E-state index contributed by atoms with van der Waals surface area (Å²) in [7, 11) is 1.55. The van der Waals surface area contributed by atoms with E-state index in [-0.39, 0.29) is 22.9 Å². The fourth-order valence-corrected chi connectivity index (χ4v) is 4.71. The Bertz CT molecular complexity index is 1160. The lowest BCUT2D eigenvalue weighted by molar-refractivity contribution is -0.118. The summed E-state index contributed by atoms with van der Waals surface area (Å²) in [5.74, 6) is -0.234. The number of allylic oxidation sites excluding steroid dienone is 3. The third kappa shape index (κ3) is 4.00. The number of Topliss-reactive ketones (excluding diaryl/α,β-unsaturated/α-hetero) is 1. The Morgan fingerprint density at radius 2 is 1.91 bits per heavy atom. The summed E-state index contributed by atoms with van der Waals surface area (Å²) >= 11 is 0. The zero-order chi connectivity index (χ0) is 23.0. The molecule has 1 atom stereocenters. The molecule has 2 aliphatic rings. The van der Waals surface area contributed by atoms with Crippen molar-refractivity contribution in [1.29, 1.82) is 0 Å². The van der Waals surface area contributed by atoms with Crippen LogP contribution in [0.25, 0.3) is 0 Å². The maximum Gasteiger partial charge on any atom is 0.254 e. The van der Waals surface area contributed by atoms with E-state index in [1.807, 2.05) is 25.1 Å². The van der Waals surface area contributed by atoms with Gasteiger partial charge < -0.3 is 20.5 Å². The second kappa shape index (κ2) is 8.19. The number of hydrogen-bond acceptors (Lipinski definition) is 5. The number of amides is 1. The largest absolute Gasteiger partial charge is 0.508 e. The summed E-state index contributed by atoms with van der Waals surface area (Å²) in [6.45, 7) is 5.99. The van der Waals surface area contributed by atoms with E-state index in [1.165, 1.54) is 0 Å². The second-order valence-electron chi connectivity index (χ2n) is 9.18. The summed E-state index contributed by atoms with van der Waals surface area (Å²) in [4.78, 5) is 26.9. The van der Waals surface area contributed by atoms with Crippen molar-refractivity contribution in [3.8, 4) is 11.5 Å². The number of phenolic OH excluding ortho intramolecular Hbond substituents is 1. The molecule has 1 aliphatic carbocycles. The maximum absolute atomic E-state index is 13.6. The summed E-state index contributed by atoms with van der Waals surface area (Å²) in [5.41, 5.74) is 3.69. The topological polar surface area (TPSA) is 87.7 Å². The van der Waals surface area contributed by atoms with E-state index in [4.69, 9.17) is 4.74 Å². The third-order valence-electron chi connectivity index (χ3n) is 6.04. The van der Waals surface area contributed by atoms with Gasteiger partial charge >= 0.3 is 0 Å². The molecule has 1 heterocycles. The van der Waals surface area contributed by atoms with E-state index in [9.17, 15) is 14.7 Å². The molecule has 0 aromatic heterocycles. The van der Waals surface area contributed by atoms with E-state index >= 15 is 0 Å². The van der Waals surface area contributed by atoms with E-state index in [0.717, 1.165) is 5.70 Å². The van der Waals surface area contributed by atoms with E-state index in [1.54, 1.807) is 37.4 Å². The molecule has 0 radical (unpaired) electrons. The van der Waals surface area contributed by atoms with E-state index in [0.29, 0.717) is 46.7 Å². The molecule has 0 saturated carbocycles. The highest BCUT2D eigenvalue weighted by Gasteiger charge is 2.42. The Balaban J connectivity index is 1.82. The highest BCUT2D eigenvalue weighted by molar-refractivity contribution is 6.10. The molecule has 6 nitrogen and oxygen atoms in total. The first kappa shape index (κ1) is 21.7. The lowest BCUT2D eigenvalue weighted by Gasteiger charge is -2.39. The monoisotopic (exact) mass is 432 g/mol. The zero-order valence-electron chi connectivity index (χ0n) is 18.8. The number of phenols is 1. The van der Waals surface area contributed by atoms with Crippen molar-refractivity contribution in [2.75, 3.05) is 12.4 Å². The Hall–Kier alpha value is -3.54. The molecule has 2 aromatic carbocycles. The number of aromatic hydroxyl groups is 1. The number of anilines is 1. The minimum absolute atomic E-state index is 0.0205. The number of carbonyl (C=O) groups is 2. The average Bonchev–Trinajstić information content (AvgIpc) is 2.72. The van der Waals surface area contributed by atoms with Gasteiger partial charge in [-0.05, 0) is 48.6 Å². The molecular formula is C26H28N2O4. The molecule has 0 fully saturated rings. The van der Waals surface area contributed by atoms with Crippen LogP contribution in [0.5, 0.6) is 11.5 Å². The Morgan fingerprint density at radius 1 is 1.16 bits per heavy atom. The molecule has 0 spiro atoms. The van der Waals surface area contributed by atoms with Crippen molar-refractivity contribution in [3.05, 3.63) is 76.6 Å². The van der Waals surface area contributed by atoms with Gasteiger partial charge in [-0.25, -0.2) is 0 Å². The van der Waals surface area contributed by atoms with Crippen molar-refractivity contribution in [3.63, 3.8) is 0 Å². The highest BCUT2D eigenvalue weighted by Crippen LogP contribution is 2.47. The van der Waals surface area contributed by atoms with E-state index < -0.39 is 5.92 Å². The van der Waals surface area contributed by atoms with Crippen LogP contribution in [-0.4, -0.2) is 23.9 Å². The van der Waals surface area contributed by atoms with Crippen LogP contribution in [-0.2, 0) is 9.59 Å². The van der Waals surface area contributed by atoms with Crippen LogP contribution >= 0.6 is 0 Å². The molecule has 0 unspecified atom stereocenters. The van der Waals surface area contributed by atoms with Crippen LogP contribution < -0.4 is 15.4 Å². The number of para-hydroxylation sites is 2. The first-order valence-corrected chi connectivity index (χ1v) is 10.7. The fraction of sp³-hybridized carbons (Fsp3) is 0.308. The highest BCUT2D eigenvalue weighted by atomic mass is 16.5. The first-order chi connectivity index (χ1) is 15.2. The number of dihydropyridines is 1. The van der Waals surface area contributed by atoms with Crippen molar-refractivity contribution in [1.82, 2.24) is 5.32 Å². The number of hydrogen-bond donors (Lipinski definition) is 3. The van der Waals surface area contributed by atoms with Gasteiger partial charge in [-0.15, -0.1) is 0 Å². The zero-order valence-corrected chi connectivity index (χ0v) is 18.8. The minimum atomic E-state index is -0.573. The first-order valence-electron chi connectivity index (χ1n) is 10.7. The number of ether oxygens (including phenoxy) is 1. The number of ketones is 1. The van der Waals surface area contributed by atoms with Gasteiger partial charge in [0, 0.05) is 34.9 Å². The molecule has 32 heavy (non-hydrogen) atoms. The Kier molecular flexibility index (Phi) is 5.55. The third-order valence-corrected chi connectivity index (χ3v) is 6.04. The van der Waals surface area contributed by atoms with Crippen molar-refractivity contribution < 1.29 is 19.4 Å². The molecule has 1 aliphatic heterocycles. The molecule has 6 heteroatoms. The number of benzene rings is 2. The summed E-state index contributed by atoms with van der Waals surface area (Å²) in [5, 5.41) is 16.4. The molecular weight excluding hydrogens is 404 g/mol. The summed E-state index contributed by atoms with van der Waals surface area (Å²) < 4.78 is 5.37. The number of carbonyl (C=O) groups excluding carboxylic acids is 2. The van der Waals surface area contributed by atoms with Crippen LogP contribution in [0, 0.1) is 5.41 Å². The average molecular weight is 433 g/mol. The predicted molar refractivity (Wildman–Crippen MR) is 123 cm³/mol. The molecule has 4 rings (SSSR count). The van der Waals surface area contributed by atoms with Crippen LogP contribution in [0.15, 0.2) is 71.1 Å². The standard InChI is InChI=1S/C26H28N2O4/c1-15-22(25(31)28-18-10-5-6-11-21(18)32-4)23(16-8-7-9-17(29)12-16)24-19(27-15)13-26(2,3)14-20(24)30/h5-12,23,27,29H,13-14H2,1-4H3,(H,28,31)/t23-/m1/s1. The van der Waals surface area contributed by atoms with Crippen molar-refractivity contribution >= 4 is 17.4 Å². The number of rotatable bonds is 4. The van der Waals surface area contributed by atoms with Crippen LogP contribution in [0.4, 0.5) is 5.69 Å². The molecule has 1 amide bonds.